The van der Waals surface area contributed by atoms with Crippen molar-refractivity contribution in [2.24, 2.45) is 0 Å². The molecule has 9 heteroatoms. The van der Waals surface area contributed by atoms with E-state index < -0.39 is 0 Å². The standard InChI is InChI=1S/C17H20ClN3O4S/c1-12(22)25-9-8-19-4-6-20(7-5-19)16(23)11-21-14-10-13(18)2-3-15(14)26-17(21)24/h2-3,10H,4-9,11H2,1H3. The second kappa shape index (κ2) is 8.20. The van der Waals surface area contributed by atoms with Gasteiger partial charge in [0.15, 0.2) is 0 Å². The van der Waals surface area contributed by atoms with Gasteiger partial charge in [-0.2, -0.15) is 0 Å². The zero-order valence-corrected chi connectivity index (χ0v) is 16.0. The topological polar surface area (TPSA) is 71.8 Å². The van der Waals surface area contributed by atoms with Gasteiger partial charge in [0.1, 0.15) is 13.2 Å². The molecule has 3 rings (SSSR count). The SMILES string of the molecule is CC(=O)OCCN1CCN(C(=O)Cn2c(=O)sc3ccc(Cl)cc32)CC1. The fourth-order valence-corrected chi connectivity index (χ4v) is 4.00. The van der Waals surface area contributed by atoms with Crippen LogP contribution in [0.5, 0.6) is 0 Å². The van der Waals surface area contributed by atoms with Crippen molar-refractivity contribution in [3.8, 4) is 0 Å². The zero-order chi connectivity index (χ0) is 18.7. The molecule has 0 N–H and O–H groups in total. The third kappa shape index (κ3) is 4.44. The van der Waals surface area contributed by atoms with Crippen LogP contribution in [0.2, 0.25) is 5.02 Å². The number of carbonyl (C=O) groups is 2. The fraction of sp³-hybridized carbons (Fsp3) is 0.471. The number of amides is 1. The lowest BCUT2D eigenvalue weighted by atomic mass is 10.3. The summed E-state index contributed by atoms with van der Waals surface area (Å²) >= 11 is 7.14. The molecule has 1 aliphatic rings. The Balaban J connectivity index is 1.58. The van der Waals surface area contributed by atoms with E-state index in [4.69, 9.17) is 16.3 Å². The second-order valence-corrected chi connectivity index (χ2v) is 7.56. The van der Waals surface area contributed by atoms with Crippen LogP contribution in [0.4, 0.5) is 0 Å². The van der Waals surface area contributed by atoms with Crippen molar-refractivity contribution in [1.29, 1.82) is 0 Å². The summed E-state index contributed by atoms with van der Waals surface area (Å²) in [5.41, 5.74) is 0.695. The number of fused-ring (bicyclic) bond motifs is 1. The molecular weight excluding hydrogens is 378 g/mol. The number of benzene rings is 1. The molecule has 2 heterocycles. The number of piperazine rings is 1. The highest BCUT2D eigenvalue weighted by atomic mass is 35.5. The number of halogens is 1. The Kier molecular flexibility index (Phi) is 5.95. The molecule has 1 amide bonds. The molecule has 0 atom stereocenters. The van der Waals surface area contributed by atoms with Gasteiger partial charge in [-0.1, -0.05) is 22.9 Å². The first-order chi connectivity index (χ1) is 12.4. The molecule has 1 aliphatic heterocycles. The van der Waals surface area contributed by atoms with Crippen molar-refractivity contribution in [2.75, 3.05) is 39.3 Å². The minimum Gasteiger partial charge on any atom is -0.465 e. The molecule has 7 nitrogen and oxygen atoms in total. The molecule has 0 radical (unpaired) electrons. The van der Waals surface area contributed by atoms with Gasteiger partial charge >= 0.3 is 10.8 Å². The number of aromatic nitrogens is 1. The average molecular weight is 398 g/mol. The summed E-state index contributed by atoms with van der Waals surface area (Å²) in [4.78, 5) is 39.4. The quantitative estimate of drug-likeness (QED) is 0.713. The van der Waals surface area contributed by atoms with E-state index in [1.165, 1.54) is 11.5 Å². The van der Waals surface area contributed by atoms with Crippen LogP contribution in [0.3, 0.4) is 0 Å². The highest BCUT2D eigenvalue weighted by molar-refractivity contribution is 7.16. The molecule has 1 aromatic carbocycles. The van der Waals surface area contributed by atoms with Gasteiger partial charge < -0.3 is 9.64 Å². The Bertz CT molecular complexity index is 871. The summed E-state index contributed by atoms with van der Waals surface area (Å²) in [6.45, 7) is 5.06. The van der Waals surface area contributed by atoms with Gasteiger partial charge in [-0.25, -0.2) is 0 Å². The Labute approximate surface area is 159 Å². The van der Waals surface area contributed by atoms with Gasteiger partial charge in [-0.05, 0) is 18.2 Å². The van der Waals surface area contributed by atoms with Crippen molar-refractivity contribution in [2.45, 2.75) is 13.5 Å². The van der Waals surface area contributed by atoms with Crippen LogP contribution >= 0.6 is 22.9 Å². The molecule has 0 saturated carbocycles. The zero-order valence-electron chi connectivity index (χ0n) is 14.4. The fourth-order valence-electron chi connectivity index (χ4n) is 2.96. The molecule has 26 heavy (non-hydrogen) atoms. The Hall–Kier alpha value is -1.90. The van der Waals surface area contributed by atoms with Crippen molar-refractivity contribution < 1.29 is 14.3 Å². The van der Waals surface area contributed by atoms with Crippen LogP contribution in [0.1, 0.15) is 6.92 Å². The van der Waals surface area contributed by atoms with Gasteiger partial charge in [0.05, 0.1) is 10.2 Å². The first-order valence-electron chi connectivity index (χ1n) is 8.36. The number of hydrogen-bond acceptors (Lipinski definition) is 6. The minimum absolute atomic E-state index is 0.0205. The maximum atomic E-state index is 12.6. The van der Waals surface area contributed by atoms with Crippen molar-refractivity contribution >= 4 is 45.0 Å². The molecule has 2 aromatic rings. The second-order valence-electron chi connectivity index (χ2n) is 6.13. The number of carbonyl (C=O) groups excluding carboxylic acids is 2. The Morgan fingerprint density at radius 1 is 1.23 bits per heavy atom. The van der Waals surface area contributed by atoms with E-state index in [0.717, 1.165) is 29.1 Å². The molecule has 0 unspecified atom stereocenters. The Morgan fingerprint density at radius 2 is 1.96 bits per heavy atom. The molecule has 0 bridgehead atoms. The van der Waals surface area contributed by atoms with Crippen LogP contribution in [0.15, 0.2) is 23.0 Å². The van der Waals surface area contributed by atoms with E-state index in [-0.39, 0.29) is 23.3 Å². The molecule has 0 spiro atoms. The number of thiazole rings is 1. The van der Waals surface area contributed by atoms with E-state index in [1.54, 1.807) is 23.1 Å². The van der Waals surface area contributed by atoms with Gasteiger partial charge in [-0.15, -0.1) is 0 Å². The third-order valence-corrected chi connectivity index (χ3v) is 5.56. The minimum atomic E-state index is -0.285. The van der Waals surface area contributed by atoms with Crippen LogP contribution in [0.25, 0.3) is 10.2 Å². The average Bonchev–Trinajstić information content (AvgIpc) is 2.90. The maximum Gasteiger partial charge on any atom is 0.308 e. The summed E-state index contributed by atoms with van der Waals surface area (Å²) < 4.78 is 7.25. The smallest absolute Gasteiger partial charge is 0.308 e. The van der Waals surface area contributed by atoms with Gasteiger partial charge in [0.25, 0.3) is 0 Å². The Morgan fingerprint density at radius 3 is 2.65 bits per heavy atom. The maximum absolute atomic E-state index is 12.6. The van der Waals surface area contributed by atoms with E-state index in [9.17, 15) is 14.4 Å². The highest BCUT2D eigenvalue weighted by Gasteiger charge is 2.22. The monoisotopic (exact) mass is 397 g/mol. The van der Waals surface area contributed by atoms with E-state index in [1.807, 2.05) is 0 Å². The van der Waals surface area contributed by atoms with E-state index >= 15 is 0 Å². The van der Waals surface area contributed by atoms with Crippen LogP contribution in [-0.2, 0) is 20.9 Å². The highest BCUT2D eigenvalue weighted by Crippen LogP contribution is 2.21. The summed E-state index contributed by atoms with van der Waals surface area (Å²) in [6, 6.07) is 5.25. The lowest BCUT2D eigenvalue weighted by molar-refractivity contribution is -0.141. The molecule has 1 saturated heterocycles. The number of nitrogens with zero attached hydrogens (tertiary/aromatic N) is 3. The predicted molar refractivity (Wildman–Crippen MR) is 101 cm³/mol. The van der Waals surface area contributed by atoms with Crippen LogP contribution < -0.4 is 4.87 Å². The molecule has 140 valence electrons. The lowest BCUT2D eigenvalue weighted by Gasteiger charge is -2.34. The van der Waals surface area contributed by atoms with Crippen molar-refractivity contribution in [3.63, 3.8) is 0 Å². The molecule has 1 aromatic heterocycles. The first kappa shape index (κ1) is 18.9. The van der Waals surface area contributed by atoms with Crippen LogP contribution in [0, 0.1) is 0 Å². The van der Waals surface area contributed by atoms with Gasteiger partial charge in [0.2, 0.25) is 5.91 Å². The summed E-state index contributed by atoms with van der Waals surface area (Å²) in [5.74, 6) is -0.362. The molecule has 1 fully saturated rings. The molecular formula is C17H20ClN3O4S. The third-order valence-electron chi connectivity index (χ3n) is 4.36. The summed E-state index contributed by atoms with van der Waals surface area (Å²) in [5, 5.41) is 0.540. The number of rotatable bonds is 5. The number of hydrogen-bond donors (Lipinski definition) is 0. The van der Waals surface area contributed by atoms with E-state index in [2.05, 4.69) is 4.90 Å². The largest absolute Gasteiger partial charge is 0.465 e. The lowest BCUT2D eigenvalue weighted by Crippen LogP contribution is -2.50. The predicted octanol–water partition coefficient (Wildman–Crippen LogP) is 1.42. The van der Waals surface area contributed by atoms with Crippen molar-refractivity contribution in [3.05, 3.63) is 32.9 Å². The number of esters is 1. The summed E-state index contributed by atoms with van der Waals surface area (Å²) in [7, 11) is 0. The van der Waals surface area contributed by atoms with Gasteiger partial charge in [-0.3, -0.25) is 23.9 Å². The van der Waals surface area contributed by atoms with Gasteiger partial charge in [0, 0.05) is 44.7 Å². The summed E-state index contributed by atoms with van der Waals surface area (Å²) in [6.07, 6.45) is 0. The van der Waals surface area contributed by atoms with E-state index in [0.29, 0.717) is 36.8 Å². The normalized spacial score (nSPS) is 15.4. The first-order valence-corrected chi connectivity index (χ1v) is 9.56. The molecule has 0 aliphatic carbocycles. The van der Waals surface area contributed by atoms with Crippen molar-refractivity contribution in [1.82, 2.24) is 14.4 Å². The number of ether oxygens (including phenoxy) is 1. The van der Waals surface area contributed by atoms with Crippen LogP contribution in [-0.4, -0.2) is 65.6 Å².